The van der Waals surface area contributed by atoms with Gasteiger partial charge in [-0.1, -0.05) is 11.6 Å². The Balaban J connectivity index is 2.52. The zero-order valence-electron chi connectivity index (χ0n) is 11.6. The molecule has 4 nitrogen and oxygen atoms in total. The predicted octanol–water partition coefficient (Wildman–Crippen LogP) is 2.22. The van der Waals surface area contributed by atoms with E-state index in [0.717, 1.165) is 11.3 Å². The van der Waals surface area contributed by atoms with Crippen LogP contribution in [0.25, 0.3) is 0 Å². The quantitative estimate of drug-likeness (QED) is 0.770. The first-order valence-electron chi connectivity index (χ1n) is 6.38. The molecule has 5 heteroatoms. The number of nitrogens with one attached hydrogen (secondary N) is 1. The summed E-state index contributed by atoms with van der Waals surface area (Å²) in [6.45, 7) is 4.99. The molecule has 0 saturated carbocycles. The number of hydrogen-bond donors (Lipinski definition) is 2. The Hall–Kier alpha value is -0.810. The normalized spacial score (nSPS) is 12.7. The minimum Gasteiger partial charge on any atom is -0.490 e. The van der Waals surface area contributed by atoms with Crippen molar-refractivity contribution in [2.45, 2.75) is 32.6 Å². The van der Waals surface area contributed by atoms with Crippen molar-refractivity contribution in [3.8, 4) is 5.75 Å². The third-order valence-corrected chi connectivity index (χ3v) is 2.68. The van der Waals surface area contributed by atoms with Gasteiger partial charge < -0.3 is 19.9 Å². The van der Waals surface area contributed by atoms with Crippen molar-refractivity contribution in [3.63, 3.8) is 0 Å². The molecule has 0 spiro atoms. The third-order valence-electron chi connectivity index (χ3n) is 2.44. The molecule has 0 saturated heterocycles. The van der Waals surface area contributed by atoms with E-state index in [0.29, 0.717) is 11.6 Å². The fourth-order valence-corrected chi connectivity index (χ4v) is 1.75. The van der Waals surface area contributed by atoms with E-state index in [1.807, 2.05) is 33.0 Å². The van der Waals surface area contributed by atoms with E-state index in [2.05, 4.69) is 5.32 Å². The second kappa shape index (κ2) is 8.38. The highest BCUT2D eigenvalue weighted by Crippen LogP contribution is 2.23. The van der Waals surface area contributed by atoms with Gasteiger partial charge in [0.1, 0.15) is 18.5 Å². The molecule has 0 amide bonds. The number of rotatable bonds is 8. The predicted molar refractivity (Wildman–Crippen MR) is 76.8 cm³/mol. The summed E-state index contributed by atoms with van der Waals surface area (Å²) in [5.74, 6) is 0.724. The average molecular weight is 288 g/mol. The molecule has 0 fully saturated rings. The van der Waals surface area contributed by atoms with Gasteiger partial charge in [0, 0.05) is 17.1 Å². The van der Waals surface area contributed by atoms with Gasteiger partial charge in [0.2, 0.25) is 0 Å². The summed E-state index contributed by atoms with van der Waals surface area (Å²) >= 11 is 5.95. The SMILES string of the molecule is CNCc1cc(Cl)ccc1OCC(O)COC(C)C. The van der Waals surface area contributed by atoms with E-state index >= 15 is 0 Å². The summed E-state index contributed by atoms with van der Waals surface area (Å²) in [5, 5.41) is 13.5. The molecule has 0 heterocycles. The van der Waals surface area contributed by atoms with Gasteiger partial charge in [0.05, 0.1) is 12.7 Å². The van der Waals surface area contributed by atoms with Crippen LogP contribution in [0.4, 0.5) is 0 Å². The van der Waals surface area contributed by atoms with Gasteiger partial charge in [0.25, 0.3) is 0 Å². The lowest BCUT2D eigenvalue weighted by molar-refractivity contribution is -0.0124. The Morgan fingerprint density at radius 2 is 2.05 bits per heavy atom. The standard InChI is InChI=1S/C14H22ClNO3/c1-10(2)18-8-13(17)9-19-14-5-4-12(15)6-11(14)7-16-3/h4-6,10,13,16-17H,7-9H2,1-3H3. The molecule has 0 bridgehead atoms. The molecule has 0 radical (unpaired) electrons. The van der Waals surface area contributed by atoms with Gasteiger partial charge >= 0.3 is 0 Å². The molecular formula is C14H22ClNO3. The van der Waals surface area contributed by atoms with Crippen LogP contribution in [0.15, 0.2) is 18.2 Å². The summed E-state index contributed by atoms with van der Waals surface area (Å²) in [6, 6.07) is 5.43. The Bertz CT molecular complexity index is 385. The van der Waals surface area contributed by atoms with Crippen LogP contribution in [0.1, 0.15) is 19.4 Å². The van der Waals surface area contributed by atoms with Crippen molar-refractivity contribution in [1.29, 1.82) is 0 Å². The highest BCUT2D eigenvalue weighted by Gasteiger charge is 2.09. The second-order valence-electron chi connectivity index (χ2n) is 4.63. The number of benzene rings is 1. The maximum absolute atomic E-state index is 9.74. The molecule has 0 aliphatic rings. The highest BCUT2D eigenvalue weighted by atomic mass is 35.5. The summed E-state index contributed by atoms with van der Waals surface area (Å²) in [7, 11) is 1.86. The fourth-order valence-electron chi connectivity index (χ4n) is 1.56. The summed E-state index contributed by atoms with van der Waals surface area (Å²) in [4.78, 5) is 0. The van der Waals surface area contributed by atoms with Crippen molar-refractivity contribution in [1.82, 2.24) is 5.32 Å². The topological polar surface area (TPSA) is 50.7 Å². The van der Waals surface area contributed by atoms with Crippen LogP contribution in [-0.2, 0) is 11.3 Å². The van der Waals surface area contributed by atoms with Crippen LogP contribution < -0.4 is 10.1 Å². The minimum atomic E-state index is -0.638. The molecule has 108 valence electrons. The molecule has 0 aliphatic heterocycles. The molecule has 1 atom stereocenters. The van der Waals surface area contributed by atoms with Crippen LogP contribution in [0.5, 0.6) is 5.75 Å². The average Bonchev–Trinajstić information content (AvgIpc) is 2.35. The van der Waals surface area contributed by atoms with Crippen molar-refractivity contribution in [2.24, 2.45) is 0 Å². The summed E-state index contributed by atoms with van der Waals surface area (Å²) in [5.41, 5.74) is 0.965. The molecule has 1 unspecified atom stereocenters. The first-order chi connectivity index (χ1) is 9.02. The zero-order chi connectivity index (χ0) is 14.3. The van der Waals surface area contributed by atoms with E-state index in [-0.39, 0.29) is 19.3 Å². The van der Waals surface area contributed by atoms with Crippen molar-refractivity contribution < 1.29 is 14.6 Å². The van der Waals surface area contributed by atoms with Gasteiger partial charge in [-0.25, -0.2) is 0 Å². The van der Waals surface area contributed by atoms with Crippen molar-refractivity contribution in [3.05, 3.63) is 28.8 Å². The Morgan fingerprint density at radius 3 is 2.68 bits per heavy atom. The lowest BCUT2D eigenvalue weighted by atomic mass is 10.2. The Labute approximate surface area is 119 Å². The molecule has 2 N–H and O–H groups in total. The van der Waals surface area contributed by atoms with E-state index in [1.165, 1.54) is 0 Å². The van der Waals surface area contributed by atoms with E-state index in [9.17, 15) is 5.11 Å². The van der Waals surface area contributed by atoms with Gasteiger partial charge in [-0.05, 0) is 39.1 Å². The van der Waals surface area contributed by atoms with Crippen LogP contribution in [0, 0.1) is 0 Å². The van der Waals surface area contributed by atoms with E-state index in [4.69, 9.17) is 21.1 Å². The molecule has 19 heavy (non-hydrogen) atoms. The van der Waals surface area contributed by atoms with Gasteiger partial charge in [-0.2, -0.15) is 0 Å². The van der Waals surface area contributed by atoms with Gasteiger partial charge in [-0.3, -0.25) is 0 Å². The number of aliphatic hydroxyl groups excluding tert-OH is 1. The first kappa shape index (κ1) is 16.2. The maximum atomic E-state index is 9.74. The number of hydrogen-bond acceptors (Lipinski definition) is 4. The highest BCUT2D eigenvalue weighted by molar-refractivity contribution is 6.30. The van der Waals surface area contributed by atoms with Crippen LogP contribution in [0.3, 0.4) is 0 Å². The molecule has 1 aromatic carbocycles. The fraction of sp³-hybridized carbons (Fsp3) is 0.571. The van der Waals surface area contributed by atoms with Crippen molar-refractivity contribution >= 4 is 11.6 Å². The lowest BCUT2D eigenvalue weighted by Crippen LogP contribution is -2.25. The Kier molecular flexibility index (Phi) is 7.16. The van der Waals surface area contributed by atoms with Crippen LogP contribution >= 0.6 is 11.6 Å². The largest absolute Gasteiger partial charge is 0.490 e. The monoisotopic (exact) mass is 287 g/mol. The zero-order valence-corrected chi connectivity index (χ0v) is 12.4. The smallest absolute Gasteiger partial charge is 0.124 e. The summed E-state index contributed by atoms with van der Waals surface area (Å²) < 4.78 is 10.9. The molecule has 0 aliphatic carbocycles. The van der Waals surface area contributed by atoms with Gasteiger partial charge in [-0.15, -0.1) is 0 Å². The van der Waals surface area contributed by atoms with E-state index in [1.54, 1.807) is 6.07 Å². The first-order valence-corrected chi connectivity index (χ1v) is 6.76. The Morgan fingerprint density at radius 1 is 1.32 bits per heavy atom. The number of aliphatic hydroxyl groups is 1. The van der Waals surface area contributed by atoms with E-state index < -0.39 is 6.10 Å². The van der Waals surface area contributed by atoms with Crippen LogP contribution in [0.2, 0.25) is 5.02 Å². The minimum absolute atomic E-state index is 0.102. The van der Waals surface area contributed by atoms with Crippen LogP contribution in [-0.4, -0.2) is 37.6 Å². The second-order valence-corrected chi connectivity index (χ2v) is 5.07. The molecular weight excluding hydrogens is 266 g/mol. The third kappa shape index (κ3) is 6.25. The van der Waals surface area contributed by atoms with Crippen molar-refractivity contribution in [2.75, 3.05) is 20.3 Å². The molecule has 0 aromatic heterocycles. The maximum Gasteiger partial charge on any atom is 0.124 e. The molecule has 1 rings (SSSR count). The summed E-state index contributed by atoms with van der Waals surface area (Å²) in [6.07, 6.45) is -0.537. The lowest BCUT2D eigenvalue weighted by Gasteiger charge is -2.16. The number of halogens is 1. The van der Waals surface area contributed by atoms with Gasteiger partial charge in [0.15, 0.2) is 0 Å². The number of ether oxygens (including phenoxy) is 2. The molecule has 1 aromatic rings.